The molecular weight excluding hydrogens is 246 g/mol. The molecule has 1 aromatic carbocycles. The van der Waals surface area contributed by atoms with E-state index < -0.39 is 5.97 Å². The molecule has 0 amide bonds. The van der Waals surface area contributed by atoms with Crippen LogP contribution in [0.1, 0.15) is 24.5 Å². The van der Waals surface area contributed by atoms with Crippen LogP contribution in [0.25, 0.3) is 0 Å². The smallest absolute Gasteiger partial charge is 0.306 e. The van der Waals surface area contributed by atoms with Crippen molar-refractivity contribution in [2.75, 3.05) is 13.3 Å². The van der Waals surface area contributed by atoms with Crippen molar-refractivity contribution in [3.63, 3.8) is 0 Å². The van der Waals surface area contributed by atoms with Crippen molar-refractivity contribution in [2.24, 2.45) is 5.92 Å². The minimum atomic E-state index is -0.749. The number of fused-ring (bicyclic) bond motifs is 1. The fraction of sp³-hybridized carbons (Fsp3) is 0.500. The molecule has 1 aliphatic heterocycles. The van der Waals surface area contributed by atoms with Gasteiger partial charge in [-0.1, -0.05) is 6.92 Å². The average molecular weight is 265 g/mol. The first-order chi connectivity index (χ1) is 9.08. The van der Waals surface area contributed by atoms with E-state index >= 15 is 0 Å². The molecule has 1 unspecified atom stereocenters. The second-order valence-corrected chi connectivity index (χ2v) is 4.84. The number of benzene rings is 1. The van der Waals surface area contributed by atoms with Gasteiger partial charge >= 0.3 is 5.97 Å². The van der Waals surface area contributed by atoms with Crippen molar-refractivity contribution in [1.82, 2.24) is 5.32 Å². The maximum Gasteiger partial charge on any atom is 0.306 e. The van der Waals surface area contributed by atoms with Crippen LogP contribution in [0.3, 0.4) is 0 Å². The highest BCUT2D eigenvalue weighted by molar-refractivity contribution is 5.69. The van der Waals surface area contributed by atoms with Gasteiger partial charge in [-0.25, -0.2) is 0 Å². The Bertz CT molecular complexity index is 473. The van der Waals surface area contributed by atoms with Gasteiger partial charge in [0.05, 0.1) is 5.92 Å². The fourth-order valence-electron chi connectivity index (χ4n) is 1.94. The van der Waals surface area contributed by atoms with Crippen LogP contribution >= 0.6 is 0 Å². The molecule has 5 nitrogen and oxygen atoms in total. The summed E-state index contributed by atoms with van der Waals surface area (Å²) in [6, 6.07) is 3.95. The summed E-state index contributed by atoms with van der Waals surface area (Å²) >= 11 is 0. The van der Waals surface area contributed by atoms with E-state index in [0.29, 0.717) is 19.5 Å². The van der Waals surface area contributed by atoms with Gasteiger partial charge in [-0.05, 0) is 43.1 Å². The van der Waals surface area contributed by atoms with E-state index in [-0.39, 0.29) is 12.7 Å². The summed E-state index contributed by atoms with van der Waals surface area (Å²) in [7, 11) is 0. The van der Waals surface area contributed by atoms with Crippen LogP contribution in [0, 0.1) is 12.8 Å². The molecule has 104 valence electrons. The van der Waals surface area contributed by atoms with Crippen molar-refractivity contribution in [3.05, 3.63) is 23.3 Å². The van der Waals surface area contributed by atoms with E-state index in [1.807, 2.05) is 19.1 Å². The SMILES string of the molecule is Cc1cc2c(cc1CNCCC(C)C(=O)O)OCO2. The summed E-state index contributed by atoms with van der Waals surface area (Å²) in [5.74, 6) is 0.508. The third kappa shape index (κ3) is 3.38. The highest BCUT2D eigenvalue weighted by Gasteiger charge is 2.15. The van der Waals surface area contributed by atoms with Gasteiger partial charge in [0.2, 0.25) is 6.79 Å². The maximum absolute atomic E-state index is 10.7. The predicted octanol–water partition coefficient (Wildman–Crippen LogP) is 1.92. The van der Waals surface area contributed by atoms with Crippen molar-refractivity contribution in [1.29, 1.82) is 0 Å². The molecule has 0 aliphatic carbocycles. The molecule has 0 fully saturated rings. The van der Waals surface area contributed by atoms with Gasteiger partial charge in [-0.3, -0.25) is 4.79 Å². The number of carbonyl (C=O) groups is 1. The van der Waals surface area contributed by atoms with Gasteiger partial charge < -0.3 is 19.9 Å². The molecule has 0 saturated heterocycles. The molecule has 2 N–H and O–H groups in total. The zero-order valence-corrected chi connectivity index (χ0v) is 11.2. The molecule has 0 radical (unpaired) electrons. The van der Waals surface area contributed by atoms with Gasteiger partial charge in [-0.15, -0.1) is 0 Å². The molecule has 0 bridgehead atoms. The van der Waals surface area contributed by atoms with E-state index in [4.69, 9.17) is 14.6 Å². The number of carboxylic acids is 1. The molecule has 0 aromatic heterocycles. The molecule has 19 heavy (non-hydrogen) atoms. The van der Waals surface area contributed by atoms with Crippen LogP contribution in [0.5, 0.6) is 11.5 Å². The Morgan fingerprint density at radius 3 is 2.79 bits per heavy atom. The maximum atomic E-state index is 10.7. The lowest BCUT2D eigenvalue weighted by molar-refractivity contribution is -0.141. The molecule has 0 saturated carbocycles. The number of aryl methyl sites for hydroxylation is 1. The Balaban J connectivity index is 1.85. The first-order valence-electron chi connectivity index (χ1n) is 6.40. The van der Waals surface area contributed by atoms with Gasteiger partial charge in [0.25, 0.3) is 0 Å². The first kappa shape index (κ1) is 13.7. The zero-order chi connectivity index (χ0) is 13.8. The Morgan fingerprint density at radius 2 is 2.11 bits per heavy atom. The number of hydrogen-bond donors (Lipinski definition) is 2. The van der Waals surface area contributed by atoms with Gasteiger partial charge in [0.1, 0.15) is 0 Å². The second-order valence-electron chi connectivity index (χ2n) is 4.84. The molecule has 2 rings (SSSR count). The lowest BCUT2D eigenvalue weighted by Gasteiger charge is -2.10. The van der Waals surface area contributed by atoms with E-state index in [1.165, 1.54) is 0 Å². The van der Waals surface area contributed by atoms with Gasteiger partial charge in [0, 0.05) is 6.54 Å². The van der Waals surface area contributed by atoms with Crippen LogP contribution in [-0.2, 0) is 11.3 Å². The monoisotopic (exact) mass is 265 g/mol. The lowest BCUT2D eigenvalue weighted by Crippen LogP contribution is -2.20. The minimum Gasteiger partial charge on any atom is -0.481 e. The quantitative estimate of drug-likeness (QED) is 0.769. The number of ether oxygens (including phenoxy) is 2. The van der Waals surface area contributed by atoms with Crippen LogP contribution < -0.4 is 14.8 Å². The molecule has 5 heteroatoms. The summed E-state index contributed by atoms with van der Waals surface area (Å²) < 4.78 is 10.7. The van der Waals surface area contributed by atoms with Crippen LogP contribution in [0.15, 0.2) is 12.1 Å². The van der Waals surface area contributed by atoms with Crippen LogP contribution in [0.2, 0.25) is 0 Å². The van der Waals surface area contributed by atoms with Gasteiger partial charge in [-0.2, -0.15) is 0 Å². The number of aliphatic carboxylic acids is 1. The van der Waals surface area contributed by atoms with Crippen molar-refractivity contribution >= 4 is 5.97 Å². The van der Waals surface area contributed by atoms with E-state index in [2.05, 4.69) is 5.32 Å². The highest BCUT2D eigenvalue weighted by atomic mass is 16.7. The summed E-state index contributed by atoms with van der Waals surface area (Å²) in [6.45, 7) is 5.41. The van der Waals surface area contributed by atoms with Crippen molar-refractivity contribution in [3.8, 4) is 11.5 Å². The molecule has 1 heterocycles. The molecule has 1 aliphatic rings. The Labute approximate surface area is 112 Å². The third-order valence-corrected chi connectivity index (χ3v) is 3.32. The fourth-order valence-corrected chi connectivity index (χ4v) is 1.94. The minimum absolute atomic E-state index is 0.280. The van der Waals surface area contributed by atoms with E-state index in [9.17, 15) is 4.79 Å². The first-order valence-corrected chi connectivity index (χ1v) is 6.40. The third-order valence-electron chi connectivity index (χ3n) is 3.32. The van der Waals surface area contributed by atoms with Crippen molar-refractivity contribution in [2.45, 2.75) is 26.8 Å². The number of rotatable bonds is 6. The molecule has 0 spiro atoms. The summed E-state index contributed by atoms with van der Waals surface area (Å²) in [4.78, 5) is 10.7. The number of carboxylic acid groups (broad SMARTS) is 1. The van der Waals surface area contributed by atoms with E-state index in [1.54, 1.807) is 6.92 Å². The average Bonchev–Trinajstić information content (AvgIpc) is 2.81. The van der Waals surface area contributed by atoms with Gasteiger partial charge in [0.15, 0.2) is 11.5 Å². The second kappa shape index (κ2) is 5.93. The van der Waals surface area contributed by atoms with Crippen LogP contribution in [0.4, 0.5) is 0 Å². The number of nitrogens with one attached hydrogen (secondary N) is 1. The topological polar surface area (TPSA) is 67.8 Å². The molecule has 1 atom stereocenters. The lowest BCUT2D eigenvalue weighted by atomic mass is 10.1. The zero-order valence-electron chi connectivity index (χ0n) is 11.2. The standard InChI is InChI=1S/C14H19NO4/c1-9(14(16)17)3-4-15-7-11-6-13-12(5-10(11)2)18-8-19-13/h5-6,9,15H,3-4,7-8H2,1-2H3,(H,16,17). The summed E-state index contributed by atoms with van der Waals surface area (Å²) in [5.41, 5.74) is 2.29. The predicted molar refractivity (Wildman–Crippen MR) is 70.4 cm³/mol. The Kier molecular flexibility index (Phi) is 4.27. The molecular formula is C14H19NO4. The highest BCUT2D eigenvalue weighted by Crippen LogP contribution is 2.34. The van der Waals surface area contributed by atoms with Crippen molar-refractivity contribution < 1.29 is 19.4 Å². The molecule has 1 aromatic rings. The number of hydrogen-bond acceptors (Lipinski definition) is 4. The van der Waals surface area contributed by atoms with E-state index in [0.717, 1.165) is 22.6 Å². The largest absolute Gasteiger partial charge is 0.481 e. The van der Waals surface area contributed by atoms with Crippen LogP contribution in [-0.4, -0.2) is 24.4 Å². The normalized spacial score (nSPS) is 14.4. The Morgan fingerprint density at radius 1 is 1.42 bits per heavy atom. The summed E-state index contributed by atoms with van der Waals surface area (Å²) in [6.07, 6.45) is 0.624. The summed E-state index contributed by atoms with van der Waals surface area (Å²) in [5, 5.41) is 12.0. The Hall–Kier alpha value is -1.75.